The van der Waals surface area contributed by atoms with Crippen molar-refractivity contribution in [1.82, 2.24) is 10.3 Å². The molecule has 1 N–H and O–H groups in total. The van der Waals surface area contributed by atoms with E-state index >= 15 is 0 Å². The molecule has 1 unspecified atom stereocenters. The van der Waals surface area contributed by atoms with Gasteiger partial charge in [0.05, 0.1) is 5.52 Å². The van der Waals surface area contributed by atoms with Crippen molar-refractivity contribution in [2.24, 2.45) is 0 Å². The van der Waals surface area contributed by atoms with Gasteiger partial charge in [0, 0.05) is 24.4 Å². The van der Waals surface area contributed by atoms with Crippen LogP contribution in [0.15, 0.2) is 24.3 Å². The third kappa shape index (κ3) is 2.03. The van der Waals surface area contributed by atoms with Gasteiger partial charge in [-0.25, -0.2) is 9.37 Å². The molecule has 1 fully saturated rings. The Labute approximate surface area is 126 Å². The van der Waals surface area contributed by atoms with Crippen molar-refractivity contribution >= 4 is 28.5 Å². The van der Waals surface area contributed by atoms with Gasteiger partial charge in [-0.2, -0.15) is 0 Å². The number of hydrogen-bond acceptors (Lipinski definition) is 3. The highest BCUT2D eigenvalue weighted by atomic mass is 19.1. The lowest BCUT2D eigenvalue weighted by Crippen LogP contribution is -2.44. The second kappa shape index (κ2) is 4.76. The van der Waals surface area contributed by atoms with Crippen molar-refractivity contribution in [1.29, 1.82) is 0 Å². The molecule has 1 atom stereocenters. The number of halogens is 1. The van der Waals surface area contributed by atoms with Crippen LogP contribution in [-0.4, -0.2) is 29.4 Å². The Balaban J connectivity index is 1.72. The number of anilines is 1. The number of aromatic nitrogens is 1. The number of carbonyl (C=O) groups excluding carboxylic acids is 2. The maximum atomic E-state index is 13.4. The maximum Gasteiger partial charge on any atom is 0.250 e. The number of pyridine rings is 1. The minimum absolute atomic E-state index is 0.0914. The van der Waals surface area contributed by atoms with Gasteiger partial charge >= 0.3 is 0 Å². The van der Waals surface area contributed by atoms with Crippen LogP contribution in [0, 0.1) is 5.82 Å². The summed E-state index contributed by atoms with van der Waals surface area (Å²) < 4.78 is 13.4. The standard InChI is InChI=1S/C16H14FN3O2/c17-11-2-1-9-7-10-5-6-20(15(10)19-13(9)8-11)16(22)12-3-4-14(21)18-12/h1-2,7-8,12H,3-6H2,(H,18,21). The van der Waals surface area contributed by atoms with Crippen LogP contribution in [-0.2, 0) is 16.0 Å². The molecule has 2 aliphatic heterocycles. The highest BCUT2D eigenvalue weighted by Crippen LogP contribution is 2.30. The van der Waals surface area contributed by atoms with Crippen molar-refractivity contribution in [2.45, 2.75) is 25.3 Å². The first-order chi connectivity index (χ1) is 10.6. The van der Waals surface area contributed by atoms with Gasteiger partial charge in [0.1, 0.15) is 17.7 Å². The number of rotatable bonds is 1. The summed E-state index contributed by atoms with van der Waals surface area (Å²) in [4.78, 5) is 29.9. The average Bonchev–Trinajstić information content (AvgIpc) is 3.10. The molecule has 0 saturated carbocycles. The summed E-state index contributed by atoms with van der Waals surface area (Å²) in [6.45, 7) is 0.548. The van der Waals surface area contributed by atoms with Crippen LogP contribution in [0.3, 0.4) is 0 Å². The van der Waals surface area contributed by atoms with E-state index in [4.69, 9.17) is 0 Å². The fourth-order valence-corrected chi connectivity index (χ4v) is 3.13. The highest BCUT2D eigenvalue weighted by molar-refractivity contribution is 6.02. The van der Waals surface area contributed by atoms with Gasteiger partial charge < -0.3 is 5.32 Å². The number of nitrogens with zero attached hydrogens (tertiary/aromatic N) is 2. The summed E-state index contributed by atoms with van der Waals surface area (Å²) in [5.74, 6) is 0.0160. The van der Waals surface area contributed by atoms with E-state index in [1.807, 2.05) is 6.07 Å². The quantitative estimate of drug-likeness (QED) is 0.869. The van der Waals surface area contributed by atoms with Crippen LogP contribution in [0.25, 0.3) is 10.9 Å². The van der Waals surface area contributed by atoms with E-state index in [9.17, 15) is 14.0 Å². The fraction of sp³-hybridized carbons (Fsp3) is 0.312. The van der Waals surface area contributed by atoms with Gasteiger partial charge in [-0.1, -0.05) is 0 Å². The topological polar surface area (TPSA) is 62.3 Å². The maximum absolute atomic E-state index is 13.4. The Kier molecular flexibility index (Phi) is 2.85. The van der Waals surface area contributed by atoms with Crippen molar-refractivity contribution in [3.8, 4) is 0 Å². The molecular formula is C16H14FN3O2. The van der Waals surface area contributed by atoms with Gasteiger partial charge in [-0.05, 0) is 36.6 Å². The van der Waals surface area contributed by atoms with E-state index in [-0.39, 0.29) is 17.6 Å². The molecule has 2 aromatic rings. The summed E-state index contributed by atoms with van der Waals surface area (Å²) in [5, 5.41) is 3.55. The Morgan fingerprint density at radius 2 is 2.18 bits per heavy atom. The van der Waals surface area contributed by atoms with Gasteiger partial charge in [0.2, 0.25) is 5.91 Å². The largest absolute Gasteiger partial charge is 0.344 e. The number of benzene rings is 1. The molecule has 0 radical (unpaired) electrons. The van der Waals surface area contributed by atoms with Crippen LogP contribution in [0.5, 0.6) is 0 Å². The molecule has 112 valence electrons. The van der Waals surface area contributed by atoms with Crippen LogP contribution in [0.2, 0.25) is 0 Å². The zero-order chi connectivity index (χ0) is 15.3. The van der Waals surface area contributed by atoms with Crippen LogP contribution < -0.4 is 10.2 Å². The number of hydrogen-bond donors (Lipinski definition) is 1. The third-order valence-corrected chi connectivity index (χ3v) is 4.26. The average molecular weight is 299 g/mol. The van der Waals surface area contributed by atoms with E-state index in [0.29, 0.717) is 30.7 Å². The number of amides is 2. The first-order valence-corrected chi connectivity index (χ1v) is 7.32. The van der Waals surface area contributed by atoms with Gasteiger partial charge in [-0.15, -0.1) is 0 Å². The minimum Gasteiger partial charge on any atom is -0.344 e. The predicted octanol–water partition coefficient (Wildman–Crippen LogP) is 1.54. The van der Waals surface area contributed by atoms with E-state index in [1.165, 1.54) is 12.1 Å². The first-order valence-electron chi connectivity index (χ1n) is 7.32. The molecule has 5 nitrogen and oxygen atoms in total. The summed E-state index contributed by atoms with van der Waals surface area (Å²) in [7, 11) is 0. The molecule has 1 saturated heterocycles. The molecule has 0 bridgehead atoms. The molecule has 4 rings (SSSR count). The third-order valence-electron chi connectivity index (χ3n) is 4.26. The summed E-state index contributed by atoms with van der Waals surface area (Å²) in [5.41, 5.74) is 1.52. The molecule has 1 aromatic carbocycles. The molecule has 6 heteroatoms. The van der Waals surface area contributed by atoms with Crippen LogP contribution >= 0.6 is 0 Å². The number of nitrogens with one attached hydrogen (secondary N) is 1. The zero-order valence-corrected chi connectivity index (χ0v) is 11.8. The van der Waals surface area contributed by atoms with Crippen LogP contribution in [0.4, 0.5) is 10.2 Å². The molecule has 1 aromatic heterocycles. The van der Waals surface area contributed by atoms with E-state index in [2.05, 4.69) is 10.3 Å². The predicted molar refractivity (Wildman–Crippen MR) is 78.9 cm³/mol. The van der Waals surface area contributed by atoms with Crippen molar-refractivity contribution < 1.29 is 14.0 Å². The summed E-state index contributed by atoms with van der Waals surface area (Å²) >= 11 is 0. The van der Waals surface area contributed by atoms with Crippen molar-refractivity contribution in [3.63, 3.8) is 0 Å². The minimum atomic E-state index is -0.469. The monoisotopic (exact) mass is 299 g/mol. The Morgan fingerprint density at radius 3 is 2.95 bits per heavy atom. The van der Waals surface area contributed by atoms with Gasteiger partial charge in [0.15, 0.2) is 0 Å². The summed E-state index contributed by atoms with van der Waals surface area (Å²) in [6.07, 6.45) is 1.63. The summed E-state index contributed by atoms with van der Waals surface area (Å²) in [6, 6.07) is 5.96. The van der Waals surface area contributed by atoms with E-state index in [1.54, 1.807) is 11.0 Å². The number of carbonyl (C=O) groups is 2. The van der Waals surface area contributed by atoms with Crippen molar-refractivity contribution in [2.75, 3.05) is 11.4 Å². The second-order valence-corrected chi connectivity index (χ2v) is 5.71. The lowest BCUT2D eigenvalue weighted by Gasteiger charge is -2.20. The Hall–Kier alpha value is -2.50. The smallest absolute Gasteiger partial charge is 0.250 e. The molecule has 0 aliphatic carbocycles. The van der Waals surface area contributed by atoms with Gasteiger partial charge in [0.25, 0.3) is 5.91 Å². The van der Waals surface area contributed by atoms with E-state index < -0.39 is 6.04 Å². The van der Waals surface area contributed by atoms with E-state index in [0.717, 1.165) is 17.4 Å². The van der Waals surface area contributed by atoms with Crippen LogP contribution in [0.1, 0.15) is 18.4 Å². The second-order valence-electron chi connectivity index (χ2n) is 5.71. The lowest BCUT2D eigenvalue weighted by atomic mass is 10.1. The molecule has 3 heterocycles. The highest BCUT2D eigenvalue weighted by Gasteiger charge is 2.35. The molecule has 22 heavy (non-hydrogen) atoms. The SMILES string of the molecule is O=C1CCC(C(=O)N2CCc3cc4ccc(F)cc4nc32)N1. The molecule has 2 amide bonds. The molecule has 0 spiro atoms. The normalized spacial score (nSPS) is 20.3. The fourth-order valence-electron chi connectivity index (χ4n) is 3.13. The Morgan fingerprint density at radius 1 is 1.32 bits per heavy atom. The first kappa shape index (κ1) is 13.2. The molecular weight excluding hydrogens is 285 g/mol. The van der Waals surface area contributed by atoms with Gasteiger partial charge in [-0.3, -0.25) is 14.5 Å². The lowest BCUT2D eigenvalue weighted by molar-refractivity contribution is -0.124. The Bertz CT molecular complexity index is 805. The zero-order valence-electron chi connectivity index (χ0n) is 11.8. The van der Waals surface area contributed by atoms with Crippen molar-refractivity contribution in [3.05, 3.63) is 35.6 Å². The number of fused-ring (bicyclic) bond motifs is 2. The molecule has 2 aliphatic rings.